The van der Waals surface area contributed by atoms with Crippen LogP contribution in [0.15, 0.2) is 6.07 Å². The number of carbonyl (C=O) groups excluding carboxylic acids is 1. The molecule has 0 aliphatic carbocycles. The molecule has 0 heterocycles. The van der Waals surface area contributed by atoms with Gasteiger partial charge in [0.15, 0.2) is 0 Å². The van der Waals surface area contributed by atoms with Gasteiger partial charge >= 0.3 is 0 Å². The van der Waals surface area contributed by atoms with Crippen LogP contribution in [0.25, 0.3) is 0 Å². The maximum atomic E-state index is 12.0. The number of ether oxygens (including phenoxy) is 1. The monoisotopic (exact) mass is 266 g/mol. The highest BCUT2D eigenvalue weighted by Crippen LogP contribution is 2.33. The summed E-state index contributed by atoms with van der Waals surface area (Å²) in [7, 11) is 3.29. The maximum absolute atomic E-state index is 12.0. The number of nitrogens with two attached hydrogens (primary N) is 1. The zero-order valence-corrected chi connectivity index (χ0v) is 12.2. The SMILES string of the molecule is COc1c(C)cc(N(C)C(=O)C(N)CO)c(C)c1C. The molecule has 0 saturated carbocycles. The number of carbonyl (C=O) groups is 1. The van der Waals surface area contributed by atoms with E-state index in [9.17, 15) is 4.79 Å². The van der Waals surface area contributed by atoms with Crippen LogP contribution in [0, 0.1) is 20.8 Å². The zero-order chi connectivity index (χ0) is 14.7. The fourth-order valence-electron chi connectivity index (χ4n) is 2.15. The number of anilines is 1. The second-order valence-corrected chi connectivity index (χ2v) is 4.68. The molecule has 3 N–H and O–H groups in total. The minimum atomic E-state index is -0.896. The summed E-state index contributed by atoms with van der Waals surface area (Å²) in [5, 5.41) is 8.97. The average molecular weight is 266 g/mol. The molecule has 0 fully saturated rings. The predicted octanol–water partition coefficient (Wildman–Crippen LogP) is 0.903. The van der Waals surface area contributed by atoms with Gasteiger partial charge in [0.1, 0.15) is 11.8 Å². The second-order valence-electron chi connectivity index (χ2n) is 4.68. The summed E-state index contributed by atoms with van der Waals surface area (Å²) in [6.07, 6.45) is 0. The summed E-state index contributed by atoms with van der Waals surface area (Å²) >= 11 is 0. The van der Waals surface area contributed by atoms with E-state index in [4.69, 9.17) is 15.6 Å². The molecule has 5 heteroatoms. The molecule has 1 amide bonds. The van der Waals surface area contributed by atoms with Gasteiger partial charge in [0.2, 0.25) is 5.91 Å². The van der Waals surface area contributed by atoms with E-state index in [1.54, 1.807) is 14.2 Å². The van der Waals surface area contributed by atoms with Crippen LogP contribution in [0.3, 0.4) is 0 Å². The molecular weight excluding hydrogens is 244 g/mol. The lowest BCUT2D eigenvalue weighted by Gasteiger charge is -2.25. The lowest BCUT2D eigenvalue weighted by molar-refractivity contribution is -0.120. The van der Waals surface area contributed by atoms with Gasteiger partial charge in [-0.3, -0.25) is 4.79 Å². The molecule has 1 atom stereocenters. The van der Waals surface area contributed by atoms with Crippen LogP contribution in [-0.4, -0.2) is 37.8 Å². The van der Waals surface area contributed by atoms with Crippen molar-refractivity contribution in [3.63, 3.8) is 0 Å². The number of benzene rings is 1. The van der Waals surface area contributed by atoms with E-state index in [0.717, 1.165) is 28.1 Å². The van der Waals surface area contributed by atoms with Crippen molar-refractivity contribution in [1.82, 2.24) is 0 Å². The van der Waals surface area contributed by atoms with Crippen molar-refractivity contribution >= 4 is 11.6 Å². The van der Waals surface area contributed by atoms with E-state index in [1.807, 2.05) is 26.8 Å². The molecule has 0 aromatic heterocycles. The fourth-order valence-corrected chi connectivity index (χ4v) is 2.15. The fraction of sp³-hybridized carbons (Fsp3) is 0.500. The third kappa shape index (κ3) is 2.88. The Balaban J connectivity index is 3.25. The molecule has 1 rings (SSSR count). The van der Waals surface area contributed by atoms with Crippen LogP contribution in [0.1, 0.15) is 16.7 Å². The number of likely N-dealkylation sites (N-methyl/N-ethyl adjacent to an activating group) is 1. The molecule has 0 aliphatic rings. The quantitative estimate of drug-likeness (QED) is 0.849. The van der Waals surface area contributed by atoms with Crippen molar-refractivity contribution in [2.75, 3.05) is 25.7 Å². The Morgan fingerprint density at radius 2 is 2.00 bits per heavy atom. The van der Waals surface area contributed by atoms with E-state index in [1.165, 1.54) is 4.90 Å². The van der Waals surface area contributed by atoms with E-state index < -0.39 is 6.04 Å². The van der Waals surface area contributed by atoms with Crippen molar-refractivity contribution < 1.29 is 14.6 Å². The Morgan fingerprint density at radius 1 is 1.42 bits per heavy atom. The van der Waals surface area contributed by atoms with Crippen molar-refractivity contribution in [3.8, 4) is 5.75 Å². The standard InChI is InChI=1S/C14H22N2O3/c1-8-6-12(9(2)10(3)13(8)19-5)16(4)14(18)11(15)7-17/h6,11,17H,7,15H2,1-5H3. The molecule has 0 bridgehead atoms. The number of amides is 1. The van der Waals surface area contributed by atoms with Gasteiger partial charge in [0, 0.05) is 12.7 Å². The van der Waals surface area contributed by atoms with E-state index in [2.05, 4.69) is 0 Å². The van der Waals surface area contributed by atoms with Crippen LogP contribution in [0.4, 0.5) is 5.69 Å². The van der Waals surface area contributed by atoms with Crippen LogP contribution >= 0.6 is 0 Å². The number of rotatable bonds is 4. The Hall–Kier alpha value is -1.59. The van der Waals surface area contributed by atoms with Crippen LogP contribution in [0.2, 0.25) is 0 Å². The summed E-state index contributed by atoms with van der Waals surface area (Å²) in [6.45, 7) is 5.45. The van der Waals surface area contributed by atoms with Crippen LogP contribution < -0.4 is 15.4 Å². The lowest BCUT2D eigenvalue weighted by atomic mass is 10.0. The number of nitrogens with zero attached hydrogens (tertiary/aromatic N) is 1. The number of aryl methyl sites for hydroxylation is 1. The molecule has 1 aromatic carbocycles. The number of hydrogen-bond acceptors (Lipinski definition) is 4. The first-order chi connectivity index (χ1) is 8.84. The van der Waals surface area contributed by atoms with Crippen molar-refractivity contribution in [2.45, 2.75) is 26.8 Å². The molecule has 0 saturated heterocycles. The highest BCUT2D eigenvalue weighted by Gasteiger charge is 2.21. The smallest absolute Gasteiger partial charge is 0.246 e. The second kappa shape index (κ2) is 6.04. The summed E-state index contributed by atoms with van der Waals surface area (Å²) in [4.78, 5) is 13.5. The number of aliphatic hydroxyl groups excluding tert-OH is 1. The largest absolute Gasteiger partial charge is 0.496 e. The third-order valence-electron chi connectivity index (χ3n) is 3.41. The maximum Gasteiger partial charge on any atom is 0.246 e. The third-order valence-corrected chi connectivity index (χ3v) is 3.41. The molecule has 19 heavy (non-hydrogen) atoms. The number of hydrogen-bond donors (Lipinski definition) is 2. The average Bonchev–Trinajstić information content (AvgIpc) is 2.40. The Bertz CT molecular complexity index is 486. The van der Waals surface area contributed by atoms with Gasteiger partial charge in [-0.25, -0.2) is 0 Å². The van der Waals surface area contributed by atoms with E-state index in [0.29, 0.717) is 0 Å². The number of methoxy groups -OCH3 is 1. The van der Waals surface area contributed by atoms with Crippen molar-refractivity contribution in [3.05, 3.63) is 22.8 Å². The van der Waals surface area contributed by atoms with Crippen LogP contribution in [0.5, 0.6) is 5.75 Å². The van der Waals surface area contributed by atoms with Gasteiger partial charge in [-0.05, 0) is 43.5 Å². The van der Waals surface area contributed by atoms with Gasteiger partial charge in [-0.15, -0.1) is 0 Å². The summed E-state index contributed by atoms with van der Waals surface area (Å²) in [5.74, 6) is 0.517. The Kier molecular flexibility index (Phi) is 4.91. The first-order valence-corrected chi connectivity index (χ1v) is 6.13. The van der Waals surface area contributed by atoms with Gasteiger partial charge in [0.05, 0.1) is 13.7 Å². The predicted molar refractivity (Wildman–Crippen MR) is 75.7 cm³/mol. The highest BCUT2D eigenvalue weighted by molar-refractivity contribution is 5.97. The normalized spacial score (nSPS) is 12.2. The minimum absolute atomic E-state index is 0.311. The lowest BCUT2D eigenvalue weighted by Crippen LogP contribution is -2.44. The molecule has 1 aromatic rings. The molecule has 0 radical (unpaired) electrons. The highest BCUT2D eigenvalue weighted by atomic mass is 16.5. The minimum Gasteiger partial charge on any atom is -0.496 e. The Morgan fingerprint density at radius 3 is 2.47 bits per heavy atom. The van der Waals surface area contributed by atoms with Gasteiger partial charge in [-0.2, -0.15) is 0 Å². The summed E-state index contributed by atoms with van der Waals surface area (Å²) in [6, 6.07) is 0.996. The molecule has 0 aliphatic heterocycles. The molecule has 106 valence electrons. The molecular formula is C14H22N2O3. The van der Waals surface area contributed by atoms with E-state index in [-0.39, 0.29) is 12.5 Å². The zero-order valence-electron chi connectivity index (χ0n) is 12.2. The number of aliphatic hydroxyl groups is 1. The first-order valence-electron chi connectivity index (χ1n) is 6.13. The van der Waals surface area contributed by atoms with E-state index >= 15 is 0 Å². The summed E-state index contributed by atoms with van der Waals surface area (Å²) in [5.41, 5.74) is 9.27. The first kappa shape index (κ1) is 15.5. The molecule has 5 nitrogen and oxygen atoms in total. The van der Waals surface area contributed by atoms with Gasteiger partial charge in [0.25, 0.3) is 0 Å². The van der Waals surface area contributed by atoms with Crippen LogP contribution in [-0.2, 0) is 4.79 Å². The van der Waals surface area contributed by atoms with Gasteiger partial charge in [-0.1, -0.05) is 0 Å². The van der Waals surface area contributed by atoms with Crippen molar-refractivity contribution in [1.29, 1.82) is 0 Å². The van der Waals surface area contributed by atoms with Crippen molar-refractivity contribution in [2.24, 2.45) is 5.73 Å². The summed E-state index contributed by atoms with van der Waals surface area (Å²) < 4.78 is 5.35. The van der Waals surface area contributed by atoms with Gasteiger partial charge < -0.3 is 20.5 Å². The molecule has 0 spiro atoms. The topological polar surface area (TPSA) is 75.8 Å². The molecule has 1 unspecified atom stereocenters. The Labute approximate surface area is 114 Å².